The van der Waals surface area contributed by atoms with E-state index in [0.29, 0.717) is 0 Å². The van der Waals surface area contributed by atoms with Crippen LogP contribution in [-0.4, -0.2) is 36.6 Å². The molecule has 0 aromatic rings. The minimum atomic E-state index is -0.336. The van der Waals surface area contributed by atoms with Crippen molar-refractivity contribution in [2.75, 3.05) is 26.2 Å². The van der Waals surface area contributed by atoms with Gasteiger partial charge in [0.15, 0.2) is 0 Å². The highest BCUT2D eigenvalue weighted by atomic mass is 15.1. The van der Waals surface area contributed by atoms with Gasteiger partial charge in [-0.25, -0.2) is 0 Å². The van der Waals surface area contributed by atoms with Crippen molar-refractivity contribution in [1.82, 2.24) is 10.2 Å². The third-order valence-electron chi connectivity index (χ3n) is 4.16. The monoisotopic (exact) mass is 265 g/mol. The summed E-state index contributed by atoms with van der Waals surface area (Å²) >= 11 is 0. The van der Waals surface area contributed by atoms with Crippen molar-refractivity contribution in [3.05, 3.63) is 0 Å². The van der Waals surface area contributed by atoms with Crippen LogP contribution >= 0.6 is 0 Å². The fourth-order valence-corrected chi connectivity index (χ4v) is 3.36. The van der Waals surface area contributed by atoms with Gasteiger partial charge in [-0.15, -0.1) is 0 Å². The molecular formula is C16H31N3. The Bertz CT molecular complexity index is 287. The summed E-state index contributed by atoms with van der Waals surface area (Å²) in [6.45, 7) is 13.4. The van der Waals surface area contributed by atoms with Gasteiger partial charge in [0.05, 0.1) is 6.07 Å². The summed E-state index contributed by atoms with van der Waals surface area (Å²) < 4.78 is 0. The third-order valence-corrected chi connectivity index (χ3v) is 4.16. The molecule has 19 heavy (non-hydrogen) atoms. The van der Waals surface area contributed by atoms with Gasteiger partial charge in [0, 0.05) is 13.1 Å². The zero-order chi connectivity index (χ0) is 14.3. The predicted molar refractivity (Wildman–Crippen MR) is 80.9 cm³/mol. The highest BCUT2D eigenvalue weighted by Crippen LogP contribution is 2.21. The SMILES string of the molecule is CCNC(C)(C#N)CCCCN1CC(C)CC(C)C1. The number of unbranched alkanes of at least 4 members (excludes halogenated alkanes) is 1. The van der Waals surface area contributed by atoms with Crippen LogP contribution in [0.4, 0.5) is 0 Å². The van der Waals surface area contributed by atoms with Gasteiger partial charge in [-0.1, -0.05) is 20.8 Å². The molecule has 0 aromatic heterocycles. The van der Waals surface area contributed by atoms with Crippen LogP contribution in [0.5, 0.6) is 0 Å². The molecule has 3 atom stereocenters. The number of nitriles is 1. The van der Waals surface area contributed by atoms with Gasteiger partial charge in [0.2, 0.25) is 0 Å². The van der Waals surface area contributed by atoms with Gasteiger partial charge in [-0.2, -0.15) is 5.26 Å². The van der Waals surface area contributed by atoms with Crippen LogP contribution in [0.15, 0.2) is 0 Å². The van der Waals surface area contributed by atoms with E-state index >= 15 is 0 Å². The molecule has 0 bridgehead atoms. The van der Waals surface area contributed by atoms with Crippen molar-refractivity contribution in [2.24, 2.45) is 11.8 Å². The average Bonchev–Trinajstić information content (AvgIpc) is 2.34. The summed E-state index contributed by atoms with van der Waals surface area (Å²) in [4.78, 5) is 2.61. The van der Waals surface area contributed by atoms with Crippen molar-refractivity contribution in [2.45, 2.75) is 58.9 Å². The molecule has 1 aliphatic heterocycles. The van der Waals surface area contributed by atoms with E-state index in [0.717, 1.165) is 31.2 Å². The van der Waals surface area contributed by atoms with E-state index < -0.39 is 0 Å². The van der Waals surface area contributed by atoms with Gasteiger partial charge in [0.25, 0.3) is 0 Å². The highest BCUT2D eigenvalue weighted by molar-refractivity contribution is 5.03. The Hall–Kier alpha value is -0.590. The largest absolute Gasteiger partial charge is 0.303 e. The minimum Gasteiger partial charge on any atom is -0.303 e. The van der Waals surface area contributed by atoms with Crippen LogP contribution in [0.1, 0.15) is 53.4 Å². The highest BCUT2D eigenvalue weighted by Gasteiger charge is 2.23. The van der Waals surface area contributed by atoms with Gasteiger partial charge >= 0.3 is 0 Å². The molecule has 0 aliphatic carbocycles. The Balaban J connectivity index is 2.21. The first-order chi connectivity index (χ1) is 8.99. The maximum Gasteiger partial charge on any atom is 0.103 e. The van der Waals surface area contributed by atoms with Crippen LogP contribution in [0.2, 0.25) is 0 Å². The molecule has 0 amide bonds. The van der Waals surface area contributed by atoms with E-state index in [9.17, 15) is 5.26 Å². The van der Waals surface area contributed by atoms with Gasteiger partial charge in [-0.3, -0.25) is 5.32 Å². The number of hydrogen-bond acceptors (Lipinski definition) is 3. The fraction of sp³-hybridized carbons (Fsp3) is 0.938. The van der Waals surface area contributed by atoms with E-state index in [2.05, 4.69) is 37.1 Å². The standard InChI is InChI=1S/C16H31N3/c1-5-18-16(4,13-17)8-6-7-9-19-11-14(2)10-15(3)12-19/h14-15,18H,5-12H2,1-4H3. The van der Waals surface area contributed by atoms with Crippen LogP contribution in [0.25, 0.3) is 0 Å². The maximum atomic E-state index is 9.21. The van der Waals surface area contributed by atoms with E-state index in [4.69, 9.17) is 0 Å². The molecule has 3 unspecified atom stereocenters. The van der Waals surface area contributed by atoms with Crippen LogP contribution < -0.4 is 5.32 Å². The van der Waals surface area contributed by atoms with Crippen LogP contribution in [-0.2, 0) is 0 Å². The molecule has 3 nitrogen and oxygen atoms in total. The molecule has 0 saturated carbocycles. The second-order valence-corrected chi connectivity index (χ2v) is 6.64. The molecule has 1 aliphatic rings. The lowest BCUT2D eigenvalue weighted by Gasteiger charge is -2.35. The molecule has 1 saturated heterocycles. The van der Waals surface area contributed by atoms with Crippen molar-refractivity contribution in [1.29, 1.82) is 5.26 Å². The molecule has 0 spiro atoms. The molecule has 0 aromatic carbocycles. The number of nitrogens with zero attached hydrogens (tertiary/aromatic N) is 2. The van der Waals surface area contributed by atoms with Gasteiger partial charge < -0.3 is 4.90 Å². The topological polar surface area (TPSA) is 39.1 Å². The summed E-state index contributed by atoms with van der Waals surface area (Å²) in [5.74, 6) is 1.68. The van der Waals surface area contributed by atoms with Gasteiger partial charge in [0.1, 0.15) is 5.54 Å². The minimum absolute atomic E-state index is 0.336. The zero-order valence-electron chi connectivity index (χ0n) is 13.2. The first kappa shape index (κ1) is 16.5. The van der Waals surface area contributed by atoms with Gasteiger partial charge in [-0.05, 0) is 57.5 Å². The number of likely N-dealkylation sites (tertiary alicyclic amines) is 1. The molecule has 1 fully saturated rings. The molecular weight excluding hydrogens is 234 g/mol. The van der Waals surface area contributed by atoms with Crippen LogP contribution in [0.3, 0.4) is 0 Å². The fourth-order valence-electron chi connectivity index (χ4n) is 3.36. The first-order valence-corrected chi connectivity index (χ1v) is 7.87. The molecule has 1 rings (SSSR count). The van der Waals surface area contributed by atoms with Crippen molar-refractivity contribution in [3.63, 3.8) is 0 Å². The first-order valence-electron chi connectivity index (χ1n) is 7.87. The summed E-state index contributed by atoms with van der Waals surface area (Å²) in [6.07, 6.45) is 4.68. The second-order valence-electron chi connectivity index (χ2n) is 6.64. The number of piperidine rings is 1. The smallest absolute Gasteiger partial charge is 0.103 e. The summed E-state index contributed by atoms with van der Waals surface area (Å²) in [5.41, 5.74) is -0.336. The third kappa shape index (κ3) is 5.93. The lowest BCUT2D eigenvalue weighted by molar-refractivity contribution is 0.138. The van der Waals surface area contributed by atoms with Crippen molar-refractivity contribution >= 4 is 0 Å². The zero-order valence-corrected chi connectivity index (χ0v) is 13.2. The van der Waals surface area contributed by atoms with Crippen molar-refractivity contribution in [3.8, 4) is 6.07 Å². The average molecular weight is 265 g/mol. The predicted octanol–water partition coefficient (Wildman–Crippen LogP) is 3.03. The Morgan fingerprint density at radius 3 is 2.42 bits per heavy atom. The Morgan fingerprint density at radius 1 is 1.26 bits per heavy atom. The Kier molecular flexibility index (Phi) is 6.82. The number of rotatable bonds is 7. The normalized spacial score (nSPS) is 27.7. The van der Waals surface area contributed by atoms with E-state index in [1.807, 2.05) is 6.92 Å². The Labute approximate surface area is 119 Å². The Morgan fingerprint density at radius 2 is 1.89 bits per heavy atom. The molecule has 110 valence electrons. The second kappa shape index (κ2) is 7.87. The van der Waals surface area contributed by atoms with E-state index in [1.165, 1.54) is 32.5 Å². The number of nitrogens with one attached hydrogen (secondary N) is 1. The lowest BCUT2D eigenvalue weighted by Crippen LogP contribution is -2.41. The molecule has 1 N–H and O–H groups in total. The number of hydrogen-bond donors (Lipinski definition) is 1. The van der Waals surface area contributed by atoms with E-state index in [1.54, 1.807) is 0 Å². The lowest BCUT2D eigenvalue weighted by atomic mass is 9.91. The van der Waals surface area contributed by atoms with Crippen molar-refractivity contribution < 1.29 is 0 Å². The summed E-state index contributed by atoms with van der Waals surface area (Å²) in [5, 5.41) is 12.5. The van der Waals surface area contributed by atoms with Crippen LogP contribution in [0, 0.1) is 23.2 Å². The van der Waals surface area contributed by atoms with E-state index in [-0.39, 0.29) is 5.54 Å². The maximum absolute atomic E-state index is 9.21. The summed E-state index contributed by atoms with van der Waals surface area (Å²) in [7, 11) is 0. The summed E-state index contributed by atoms with van der Waals surface area (Å²) in [6, 6.07) is 2.41. The molecule has 3 heteroatoms. The quantitative estimate of drug-likeness (QED) is 0.719. The molecule has 1 heterocycles. The molecule has 0 radical (unpaired) electrons.